The molecule has 0 saturated heterocycles. The van der Waals surface area contributed by atoms with E-state index in [1.165, 1.54) is 17.3 Å². The molecule has 2 aliphatic heterocycles. The molecule has 0 unspecified atom stereocenters. The molecule has 2 aliphatic rings. The average molecular weight is 416 g/mol. The van der Waals surface area contributed by atoms with Crippen LogP contribution in [-0.2, 0) is 11.2 Å². The molecule has 0 bridgehead atoms. The highest BCUT2D eigenvalue weighted by Gasteiger charge is 2.28. The fourth-order valence-corrected chi connectivity index (χ4v) is 5.12. The summed E-state index contributed by atoms with van der Waals surface area (Å²) in [5.74, 6) is 0.0569. The number of carbonyl (C=O) groups excluding carboxylic acids is 2. The molecule has 0 atom stereocenters. The Bertz CT molecular complexity index is 1130. The van der Waals surface area contributed by atoms with Gasteiger partial charge in [-0.25, -0.2) is 4.98 Å². The van der Waals surface area contributed by atoms with Crippen molar-refractivity contribution in [2.45, 2.75) is 29.2 Å². The van der Waals surface area contributed by atoms with Gasteiger partial charge in [-0.15, -0.1) is 0 Å². The lowest BCUT2D eigenvalue weighted by molar-refractivity contribution is -0.118. The van der Waals surface area contributed by atoms with Crippen LogP contribution >= 0.6 is 11.8 Å². The van der Waals surface area contributed by atoms with Crippen LogP contribution in [0.15, 0.2) is 76.8 Å². The lowest BCUT2D eigenvalue weighted by Crippen LogP contribution is -2.34. The zero-order chi connectivity index (χ0) is 20.5. The van der Waals surface area contributed by atoms with Crippen LogP contribution in [0.2, 0.25) is 0 Å². The van der Waals surface area contributed by atoms with Crippen LogP contribution in [0.1, 0.15) is 28.8 Å². The highest BCUT2D eigenvalue weighted by atomic mass is 32.2. The third-order valence-electron chi connectivity index (χ3n) is 5.57. The minimum atomic E-state index is -0.0606. The van der Waals surface area contributed by atoms with Gasteiger partial charge in [0, 0.05) is 36.3 Å². The summed E-state index contributed by atoms with van der Waals surface area (Å²) in [6.07, 6.45) is 3.63. The van der Waals surface area contributed by atoms with Crippen LogP contribution in [-0.4, -0.2) is 29.9 Å². The Kier molecular flexibility index (Phi) is 5.01. The summed E-state index contributed by atoms with van der Waals surface area (Å²) < 4.78 is 0. The van der Waals surface area contributed by atoms with Crippen LogP contribution in [0.3, 0.4) is 0 Å². The minimum absolute atomic E-state index is 0.0606. The van der Waals surface area contributed by atoms with Crippen molar-refractivity contribution in [2.75, 3.05) is 22.9 Å². The van der Waals surface area contributed by atoms with Crippen LogP contribution < -0.4 is 9.80 Å². The standard InChI is InChI=1S/C24H21N3O2S/c28-22(26-16-13-17-7-1-2-9-19(17)26)12-6-15-27-20-10-3-4-11-21(20)30-23-18(24(27)29)8-5-14-25-23/h1-5,7-11,14H,6,12-13,15-16H2. The summed E-state index contributed by atoms with van der Waals surface area (Å²) in [5.41, 5.74) is 3.74. The Morgan fingerprint density at radius 2 is 1.80 bits per heavy atom. The molecular weight excluding hydrogens is 394 g/mol. The van der Waals surface area contributed by atoms with Gasteiger partial charge < -0.3 is 9.80 Å². The summed E-state index contributed by atoms with van der Waals surface area (Å²) in [4.78, 5) is 35.2. The minimum Gasteiger partial charge on any atom is -0.312 e. The summed E-state index contributed by atoms with van der Waals surface area (Å²) in [5, 5.41) is 0.724. The molecule has 0 fully saturated rings. The topological polar surface area (TPSA) is 53.5 Å². The molecule has 3 aromatic rings. The summed E-state index contributed by atoms with van der Waals surface area (Å²) in [7, 11) is 0. The molecule has 0 spiro atoms. The molecule has 0 saturated carbocycles. The molecule has 1 aromatic heterocycles. The Balaban J connectivity index is 1.33. The normalized spacial score (nSPS) is 14.7. The molecular formula is C24H21N3O2S. The molecule has 150 valence electrons. The van der Waals surface area contributed by atoms with Gasteiger partial charge in [-0.1, -0.05) is 42.1 Å². The number of fused-ring (bicyclic) bond motifs is 3. The quantitative estimate of drug-likeness (QED) is 0.627. The van der Waals surface area contributed by atoms with E-state index in [4.69, 9.17) is 0 Å². The van der Waals surface area contributed by atoms with Crippen LogP contribution in [0.25, 0.3) is 0 Å². The number of para-hydroxylation sites is 2. The van der Waals surface area contributed by atoms with Gasteiger partial charge >= 0.3 is 0 Å². The van der Waals surface area contributed by atoms with Gasteiger partial charge in [-0.05, 0) is 48.7 Å². The van der Waals surface area contributed by atoms with Gasteiger partial charge in [0.15, 0.2) is 0 Å². The maximum atomic E-state index is 13.3. The van der Waals surface area contributed by atoms with E-state index in [0.717, 1.165) is 34.3 Å². The molecule has 6 heteroatoms. The zero-order valence-corrected chi connectivity index (χ0v) is 17.3. The Morgan fingerprint density at radius 1 is 1.00 bits per heavy atom. The maximum absolute atomic E-state index is 13.3. The van der Waals surface area contributed by atoms with E-state index in [1.807, 2.05) is 53.4 Å². The van der Waals surface area contributed by atoms with E-state index >= 15 is 0 Å². The number of aromatic nitrogens is 1. The number of pyridine rings is 1. The van der Waals surface area contributed by atoms with Crippen molar-refractivity contribution in [1.82, 2.24) is 4.98 Å². The summed E-state index contributed by atoms with van der Waals surface area (Å²) >= 11 is 1.51. The monoisotopic (exact) mass is 415 g/mol. The molecule has 0 aliphatic carbocycles. The van der Waals surface area contributed by atoms with Crippen molar-refractivity contribution < 1.29 is 9.59 Å². The maximum Gasteiger partial charge on any atom is 0.261 e. The Morgan fingerprint density at radius 3 is 2.70 bits per heavy atom. The first kappa shape index (κ1) is 18.9. The van der Waals surface area contributed by atoms with Gasteiger partial charge in [-0.2, -0.15) is 0 Å². The van der Waals surface area contributed by atoms with Crippen molar-refractivity contribution in [2.24, 2.45) is 0 Å². The molecule has 5 nitrogen and oxygen atoms in total. The van der Waals surface area contributed by atoms with E-state index in [0.29, 0.717) is 24.9 Å². The van der Waals surface area contributed by atoms with Crippen molar-refractivity contribution >= 4 is 35.0 Å². The van der Waals surface area contributed by atoms with Crippen LogP contribution in [0.4, 0.5) is 11.4 Å². The lowest BCUT2D eigenvalue weighted by atomic mass is 10.1. The second kappa shape index (κ2) is 7.95. The number of nitrogens with zero attached hydrogens (tertiary/aromatic N) is 3. The van der Waals surface area contributed by atoms with E-state index in [9.17, 15) is 9.59 Å². The van der Waals surface area contributed by atoms with Crippen molar-refractivity contribution in [3.8, 4) is 0 Å². The SMILES string of the molecule is O=C(CCCN1C(=O)c2cccnc2Sc2ccccc21)N1CCc2ccccc21. The van der Waals surface area contributed by atoms with E-state index in [2.05, 4.69) is 11.1 Å². The van der Waals surface area contributed by atoms with Gasteiger partial charge in [0.05, 0.1) is 11.3 Å². The zero-order valence-electron chi connectivity index (χ0n) is 16.5. The number of benzene rings is 2. The second-order valence-corrected chi connectivity index (χ2v) is 8.44. The number of anilines is 2. The predicted octanol–water partition coefficient (Wildman–Crippen LogP) is 4.56. The number of carbonyl (C=O) groups is 2. The molecule has 2 amide bonds. The van der Waals surface area contributed by atoms with Gasteiger partial charge in [0.2, 0.25) is 5.91 Å². The van der Waals surface area contributed by atoms with Gasteiger partial charge in [-0.3, -0.25) is 9.59 Å². The van der Waals surface area contributed by atoms with E-state index in [1.54, 1.807) is 17.2 Å². The fourth-order valence-electron chi connectivity index (χ4n) is 4.10. The highest BCUT2D eigenvalue weighted by molar-refractivity contribution is 7.99. The molecule has 0 radical (unpaired) electrons. The van der Waals surface area contributed by atoms with Crippen molar-refractivity contribution in [1.29, 1.82) is 0 Å². The first-order valence-electron chi connectivity index (χ1n) is 10.1. The molecule has 2 aromatic carbocycles. The smallest absolute Gasteiger partial charge is 0.261 e. The number of hydrogen-bond acceptors (Lipinski definition) is 4. The van der Waals surface area contributed by atoms with Gasteiger partial charge in [0.1, 0.15) is 5.03 Å². The van der Waals surface area contributed by atoms with Crippen molar-refractivity contribution in [3.63, 3.8) is 0 Å². The summed E-state index contributed by atoms with van der Waals surface area (Å²) in [6.45, 7) is 1.23. The Hall–Kier alpha value is -3.12. The van der Waals surface area contributed by atoms with Crippen LogP contribution in [0.5, 0.6) is 0 Å². The first-order valence-corrected chi connectivity index (χ1v) is 11.0. The van der Waals surface area contributed by atoms with E-state index in [-0.39, 0.29) is 11.8 Å². The Labute approximate surface area is 179 Å². The summed E-state index contributed by atoms with van der Waals surface area (Å²) in [6, 6.07) is 19.6. The predicted molar refractivity (Wildman–Crippen MR) is 118 cm³/mol. The molecule has 30 heavy (non-hydrogen) atoms. The molecule has 3 heterocycles. The van der Waals surface area contributed by atoms with E-state index < -0.39 is 0 Å². The number of amides is 2. The first-order chi connectivity index (χ1) is 14.7. The van der Waals surface area contributed by atoms with Crippen molar-refractivity contribution in [3.05, 3.63) is 78.0 Å². The van der Waals surface area contributed by atoms with Crippen LogP contribution in [0, 0.1) is 0 Å². The third kappa shape index (κ3) is 3.37. The number of hydrogen-bond donors (Lipinski definition) is 0. The largest absolute Gasteiger partial charge is 0.312 e. The third-order valence-corrected chi connectivity index (χ3v) is 6.65. The molecule has 5 rings (SSSR count). The second-order valence-electron chi connectivity index (χ2n) is 7.41. The highest BCUT2D eigenvalue weighted by Crippen LogP contribution is 2.40. The fraction of sp³-hybridized carbons (Fsp3) is 0.208. The van der Waals surface area contributed by atoms with Gasteiger partial charge in [0.25, 0.3) is 5.91 Å². The lowest BCUT2D eigenvalue weighted by Gasteiger charge is -2.23. The molecule has 0 N–H and O–H groups in total. The number of rotatable bonds is 4. The average Bonchev–Trinajstić information content (AvgIpc) is 3.17.